The van der Waals surface area contributed by atoms with Crippen molar-refractivity contribution in [1.82, 2.24) is 14.5 Å². The van der Waals surface area contributed by atoms with Crippen molar-refractivity contribution in [3.63, 3.8) is 0 Å². The van der Waals surface area contributed by atoms with Gasteiger partial charge in [0.05, 0.1) is 6.07 Å². The van der Waals surface area contributed by atoms with Crippen molar-refractivity contribution in [2.24, 2.45) is 0 Å². The summed E-state index contributed by atoms with van der Waals surface area (Å²) in [6.07, 6.45) is 5.12. The first-order valence-electron chi connectivity index (χ1n) is 8.37. The highest BCUT2D eigenvalue weighted by atomic mass is 16.6. The summed E-state index contributed by atoms with van der Waals surface area (Å²) in [6, 6.07) is 14.4. The van der Waals surface area contributed by atoms with E-state index in [1.165, 1.54) is 12.4 Å². The highest BCUT2D eigenvalue weighted by Crippen LogP contribution is 2.23. The van der Waals surface area contributed by atoms with E-state index in [9.17, 15) is 14.9 Å². The fourth-order valence-corrected chi connectivity index (χ4v) is 2.48. The number of nitrogens with one attached hydrogen (secondary N) is 1. The zero-order valence-corrected chi connectivity index (χ0v) is 14.8. The number of hydrogen-bond acceptors (Lipinski definition) is 7. The molecule has 0 spiro atoms. The standard InChI is InChI=1S/C19H13N5O5/c25-19(15-7-8-18(29-15)24(26)27)22-13-3-5-14(6-4-13)28-17-11-16(20-12-21-17)23-9-1-2-10-23/h1-12H,(H,22,25). The summed E-state index contributed by atoms with van der Waals surface area (Å²) in [5.74, 6) is 0.283. The Labute approximate surface area is 163 Å². The first kappa shape index (κ1) is 17.9. The van der Waals surface area contributed by atoms with Crippen LogP contribution in [0.4, 0.5) is 11.6 Å². The lowest BCUT2D eigenvalue weighted by atomic mass is 10.3. The summed E-state index contributed by atoms with van der Waals surface area (Å²) >= 11 is 0. The zero-order chi connectivity index (χ0) is 20.2. The van der Waals surface area contributed by atoms with Gasteiger partial charge in [0.25, 0.3) is 5.91 Å². The Morgan fingerprint density at radius 1 is 1.10 bits per heavy atom. The van der Waals surface area contributed by atoms with E-state index in [1.54, 1.807) is 30.3 Å². The molecule has 144 valence electrons. The topological polar surface area (TPSA) is 125 Å². The Morgan fingerprint density at radius 3 is 2.55 bits per heavy atom. The van der Waals surface area contributed by atoms with Crippen molar-refractivity contribution in [3.8, 4) is 17.4 Å². The van der Waals surface area contributed by atoms with E-state index in [-0.39, 0.29) is 5.76 Å². The summed E-state index contributed by atoms with van der Waals surface area (Å²) < 4.78 is 12.4. The van der Waals surface area contributed by atoms with Crippen molar-refractivity contribution in [2.75, 3.05) is 5.32 Å². The van der Waals surface area contributed by atoms with Gasteiger partial charge in [0.1, 0.15) is 22.8 Å². The second-order valence-corrected chi connectivity index (χ2v) is 5.78. The van der Waals surface area contributed by atoms with Crippen molar-refractivity contribution in [1.29, 1.82) is 0 Å². The molecule has 0 aliphatic heterocycles. The molecule has 0 atom stereocenters. The van der Waals surface area contributed by atoms with Gasteiger partial charge in [-0.05, 0) is 42.5 Å². The number of aromatic nitrogens is 3. The number of nitrogens with zero attached hydrogens (tertiary/aromatic N) is 4. The van der Waals surface area contributed by atoms with Gasteiger partial charge in [-0.25, -0.2) is 9.97 Å². The predicted molar refractivity (Wildman–Crippen MR) is 101 cm³/mol. The van der Waals surface area contributed by atoms with E-state index in [1.807, 2.05) is 29.1 Å². The second-order valence-electron chi connectivity index (χ2n) is 5.78. The van der Waals surface area contributed by atoms with Crippen LogP contribution in [-0.4, -0.2) is 25.4 Å². The molecule has 0 fully saturated rings. The number of amides is 1. The highest BCUT2D eigenvalue weighted by Gasteiger charge is 2.17. The van der Waals surface area contributed by atoms with E-state index in [4.69, 9.17) is 9.15 Å². The molecule has 29 heavy (non-hydrogen) atoms. The van der Waals surface area contributed by atoms with Crippen molar-refractivity contribution in [3.05, 3.63) is 89.2 Å². The van der Waals surface area contributed by atoms with Crippen LogP contribution in [-0.2, 0) is 0 Å². The van der Waals surface area contributed by atoms with Gasteiger partial charge in [-0.15, -0.1) is 0 Å². The van der Waals surface area contributed by atoms with E-state index < -0.39 is 16.7 Å². The van der Waals surface area contributed by atoms with Crippen LogP contribution in [0.5, 0.6) is 11.6 Å². The van der Waals surface area contributed by atoms with Crippen molar-refractivity contribution >= 4 is 17.5 Å². The number of furan rings is 1. The molecule has 3 aromatic heterocycles. The number of carbonyl (C=O) groups excluding carboxylic acids is 1. The molecule has 0 aliphatic rings. The molecule has 4 rings (SSSR count). The van der Waals surface area contributed by atoms with E-state index in [0.717, 1.165) is 6.07 Å². The summed E-state index contributed by atoms with van der Waals surface area (Å²) in [7, 11) is 0. The molecule has 4 aromatic rings. The van der Waals surface area contributed by atoms with Gasteiger partial charge < -0.3 is 19.0 Å². The van der Waals surface area contributed by atoms with Crippen LogP contribution in [0.2, 0.25) is 0 Å². The Kier molecular flexibility index (Phi) is 4.72. The second kappa shape index (κ2) is 7.64. The van der Waals surface area contributed by atoms with E-state index in [2.05, 4.69) is 15.3 Å². The fraction of sp³-hybridized carbons (Fsp3) is 0. The molecule has 3 heterocycles. The monoisotopic (exact) mass is 391 g/mol. The SMILES string of the molecule is O=C(Nc1ccc(Oc2cc(-n3cccc3)ncn2)cc1)c1ccc([N+](=O)[O-])o1. The number of nitro groups is 1. The summed E-state index contributed by atoms with van der Waals surface area (Å²) in [5, 5.41) is 13.2. The number of anilines is 1. The normalized spacial score (nSPS) is 10.5. The first-order chi connectivity index (χ1) is 14.1. The molecule has 10 heteroatoms. The van der Waals surface area contributed by atoms with Crippen molar-refractivity contribution < 1.29 is 18.9 Å². The number of rotatable bonds is 6. The maximum atomic E-state index is 12.1. The minimum atomic E-state index is -0.711. The Bertz CT molecular complexity index is 1150. The molecule has 0 radical (unpaired) electrons. The Hall–Kier alpha value is -4.47. The van der Waals surface area contributed by atoms with Crippen LogP contribution in [0, 0.1) is 10.1 Å². The van der Waals surface area contributed by atoms with Gasteiger partial charge in [0.2, 0.25) is 5.88 Å². The lowest BCUT2D eigenvalue weighted by molar-refractivity contribution is -0.402. The van der Waals surface area contributed by atoms with Crippen LogP contribution in [0.3, 0.4) is 0 Å². The number of hydrogen-bond donors (Lipinski definition) is 1. The predicted octanol–water partition coefficient (Wildman–Crippen LogP) is 3.81. The van der Waals surface area contributed by atoms with Gasteiger partial charge in [0, 0.05) is 24.1 Å². The minimum Gasteiger partial charge on any atom is -0.439 e. The summed E-state index contributed by atoms with van der Waals surface area (Å²) in [6.45, 7) is 0. The maximum absolute atomic E-state index is 12.1. The van der Waals surface area contributed by atoms with E-state index >= 15 is 0 Å². The molecular formula is C19H13N5O5. The lowest BCUT2D eigenvalue weighted by Gasteiger charge is -2.08. The smallest absolute Gasteiger partial charge is 0.433 e. The molecular weight excluding hydrogens is 378 g/mol. The van der Waals surface area contributed by atoms with Gasteiger partial charge >= 0.3 is 5.88 Å². The molecule has 0 saturated heterocycles. The van der Waals surface area contributed by atoms with Gasteiger partial charge in [-0.3, -0.25) is 14.9 Å². The molecule has 0 bridgehead atoms. The van der Waals surface area contributed by atoms with Crippen LogP contribution in [0.25, 0.3) is 5.82 Å². The molecule has 0 saturated carbocycles. The van der Waals surface area contributed by atoms with Crippen LogP contribution in [0.15, 0.2) is 77.7 Å². The summed E-state index contributed by atoms with van der Waals surface area (Å²) in [4.78, 5) is 30.3. The van der Waals surface area contributed by atoms with Gasteiger partial charge in [-0.1, -0.05) is 0 Å². The largest absolute Gasteiger partial charge is 0.439 e. The average molecular weight is 391 g/mol. The first-order valence-corrected chi connectivity index (χ1v) is 8.37. The van der Waals surface area contributed by atoms with Crippen LogP contribution >= 0.6 is 0 Å². The average Bonchev–Trinajstić information content (AvgIpc) is 3.42. The van der Waals surface area contributed by atoms with Gasteiger partial charge in [-0.2, -0.15) is 0 Å². The summed E-state index contributed by atoms with van der Waals surface area (Å²) in [5.41, 5.74) is 0.470. The minimum absolute atomic E-state index is 0.157. The number of ether oxygens (including phenoxy) is 1. The quantitative estimate of drug-likeness (QED) is 0.391. The van der Waals surface area contributed by atoms with Crippen LogP contribution in [0.1, 0.15) is 10.6 Å². The third-order valence-electron chi connectivity index (χ3n) is 3.83. The van der Waals surface area contributed by atoms with Crippen molar-refractivity contribution in [2.45, 2.75) is 0 Å². The fourth-order valence-electron chi connectivity index (χ4n) is 2.48. The number of carbonyl (C=O) groups is 1. The van der Waals surface area contributed by atoms with E-state index in [0.29, 0.717) is 23.1 Å². The third-order valence-corrected chi connectivity index (χ3v) is 3.83. The lowest BCUT2D eigenvalue weighted by Crippen LogP contribution is -2.10. The maximum Gasteiger partial charge on any atom is 0.433 e. The molecule has 1 N–H and O–H groups in total. The Morgan fingerprint density at radius 2 is 1.86 bits per heavy atom. The Balaban J connectivity index is 1.42. The van der Waals surface area contributed by atoms with Crippen LogP contribution < -0.4 is 10.1 Å². The zero-order valence-electron chi connectivity index (χ0n) is 14.8. The molecule has 0 unspecified atom stereocenters. The third kappa shape index (κ3) is 4.11. The molecule has 0 aliphatic carbocycles. The number of benzene rings is 1. The van der Waals surface area contributed by atoms with Gasteiger partial charge in [0.15, 0.2) is 5.76 Å². The highest BCUT2D eigenvalue weighted by molar-refractivity contribution is 6.02. The molecule has 1 amide bonds. The molecule has 1 aromatic carbocycles. The molecule has 10 nitrogen and oxygen atoms in total.